The average Bonchev–Trinajstić information content (AvgIpc) is 2.46. The smallest absolute Gasteiger partial charge is 0.512 e. The summed E-state index contributed by atoms with van der Waals surface area (Å²) in [5, 5.41) is 9.05. The standard InChI is InChI=1S/C16H34O4Si/c1-5-8-9-10-11-12-13-14-21(18-6-2,19-7-3)20-16(4)15-17/h15,17H,5-14H2,1-4H3/b16-15+. The summed E-state index contributed by atoms with van der Waals surface area (Å²) in [6, 6.07) is 0.813. The molecule has 0 radical (unpaired) electrons. The van der Waals surface area contributed by atoms with Crippen LogP contribution in [0.5, 0.6) is 0 Å². The molecule has 0 aliphatic rings. The van der Waals surface area contributed by atoms with Gasteiger partial charge < -0.3 is 18.4 Å². The quantitative estimate of drug-likeness (QED) is 0.272. The molecule has 0 atom stereocenters. The van der Waals surface area contributed by atoms with Crippen molar-refractivity contribution in [1.29, 1.82) is 0 Å². The van der Waals surface area contributed by atoms with E-state index < -0.39 is 8.80 Å². The summed E-state index contributed by atoms with van der Waals surface area (Å²) in [7, 11) is -2.68. The van der Waals surface area contributed by atoms with Crippen LogP contribution in [0.1, 0.15) is 72.6 Å². The molecule has 126 valence electrons. The first kappa shape index (κ1) is 20.5. The fourth-order valence-corrected chi connectivity index (χ4v) is 5.00. The lowest BCUT2D eigenvalue weighted by Crippen LogP contribution is -2.45. The lowest BCUT2D eigenvalue weighted by molar-refractivity contribution is 0.0889. The molecule has 0 amide bonds. The normalized spacial score (nSPS) is 12.7. The van der Waals surface area contributed by atoms with E-state index in [4.69, 9.17) is 18.4 Å². The average molecular weight is 319 g/mol. The second-order valence-electron chi connectivity index (χ2n) is 5.26. The van der Waals surface area contributed by atoms with Crippen LogP contribution < -0.4 is 0 Å². The Hall–Kier alpha value is -0.523. The minimum Gasteiger partial charge on any atom is -0.512 e. The number of aliphatic hydroxyl groups excluding tert-OH is 1. The largest absolute Gasteiger partial charge is 0.565 e. The van der Waals surface area contributed by atoms with E-state index in [-0.39, 0.29) is 0 Å². The second-order valence-corrected chi connectivity index (χ2v) is 7.91. The van der Waals surface area contributed by atoms with Gasteiger partial charge in [-0.2, -0.15) is 0 Å². The summed E-state index contributed by atoms with van der Waals surface area (Å²) in [5.41, 5.74) is 0. The zero-order chi connectivity index (χ0) is 16.0. The van der Waals surface area contributed by atoms with Crippen LogP contribution in [0.4, 0.5) is 0 Å². The third kappa shape index (κ3) is 9.93. The second kappa shape index (κ2) is 13.2. The van der Waals surface area contributed by atoms with E-state index in [9.17, 15) is 0 Å². The van der Waals surface area contributed by atoms with Crippen LogP contribution in [0.15, 0.2) is 12.0 Å². The molecule has 0 saturated carbocycles. The van der Waals surface area contributed by atoms with Gasteiger partial charge in [-0.1, -0.05) is 45.4 Å². The molecule has 5 heteroatoms. The van der Waals surface area contributed by atoms with Gasteiger partial charge in [-0.25, -0.2) is 0 Å². The number of hydrogen-bond acceptors (Lipinski definition) is 4. The molecule has 21 heavy (non-hydrogen) atoms. The first-order valence-electron chi connectivity index (χ1n) is 8.42. The lowest BCUT2D eigenvalue weighted by atomic mass is 10.1. The Kier molecular flexibility index (Phi) is 12.8. The van der Waals surface area contributed by atoms with Crippen molar-refractivity contribution in [3.05, 3.63) is 12.0 Å². The van der Waals surface area contributed by atoms with Gasteiger partial charge in [0, 0.05) is 19.3 Å². The van der Waals surface area contributed by atoms with Crippen LogP contribution in [0.25, 0.3) is 0 Å². The molecule has 0 fully saturated rings. The third-order valence-electron chi connectivity index (χ3n) is 3.31. The molecule has 0 aliphatic carbocycles. The molecule has 1 N–H and O–H groups in total. The molecule has 0 aliphatic heterocycles. The molecule has 0 rings (SSSR count). The molecular weight excluding hydrogens is 284 g/mol. The summed E-state index contributed by atoms with van der Waals surface area (Å²) in [6.07, 6.45) is 9.73. The zero-order valence-corrected chi connectivity index (χ0v) is 15.3. The van der Waals surface area contributed by atoms with Crippen molar-refractivity contribution in [2.45, 2.75) is 78.7 Å². The summed E-state index contributed by atoms with van der Waals surface area (Å²) in [6.45, 7) is 9.01. The molecule has 0 aromatic rings. The molecule has 0 unspecified atom stereocenters. The van der Waals surface area contributed by atoms with Gasteiger partial charge in [-0.3, -0.25) is 0 Å². The molecule has 4 nitrogen and oxygen atoms in total. The van der Waals surface area contributed by atoms with Crippen LogP contribution in [-0.4, -0.2) is 27.1 Å². The minimum absolute atomic E-state index is 0.464. The van der Waals surface area contributed by atoms with E-state index in [0.29, 0.717) is 19.0 Å². The predicted octanol–water partition coefficient (Wildman–Crippen LogP) is 5.18. The molecule has 0 saturated heterocycles. The number of aliphatic hydroxyl groups is 1. The minimum atomic E-state index is -2.68. The Morgan fingerprint density at radius 1 is 0.905 bits per heavy atom. The first-order valence-corrected chi connectivity index (χ1v) is 10.3. The highest BCUT2D eigenvalue weighted by Gasteiger charge is 2.42. The van der Waals surface area contributed by atoms with Crippen molar-refractivity contribution in [2.75, 3.05) is 13.2 Å². The van der Waals surface area contributed by atoms with Crippen molar-refractivity contribution in [2.24, 2.45) is 0 Å². The number of rotatable bonds is 14. The number of unbranched alkanes of at least 4 members (excludes halogenated alkanes) is 6. The van der Waals surface area contributed by atoms with E-state index in [0.717, 1.165) is 18.7 Å². The van der Waals surface area contributed by atoms with Crippen LogP contribution in [0.2, 0.25) is 6.04 Å². The van der Waals surface area contributed by atoms with Gasteiger partial charge in [0.2, 0.25) is 0 Å². The zero-order valence-electron chi connectivity index (χ0n) is 14.3. The Morgan fingerprint density at radius 2 is 1.43 bits per heavy atom. The number of allylic oxidation sites excluding steroid dienone is 1. The maximum absolute atomic E-state index is 9.05. The van der Waals surface area contributed by atoms with Gasteiger partial charge in [-0.05, 0) is 27.2 Å². The van der Waals surface area contributed by atoms with Gasteiger partial charge in [0.25, 0.3) is 0 Å². The molecule has 0 aromatic carbocycles. The highest BCUT2D eigenvalue weighted by Crippen LogP contribution is 2.23. The summed E-state index contributed by atoms with van der Waals surface area (Å²) < 4.78 is 17.5. The van der Waals surface area contributed by atoms with Crippen LogP contribution >= 0.6 is 0 Å². The van der Waals surface area contributed by atoms with E-state index in [1.165, 1.54) is 38.5 Å². The highest BCUT2D eigenvalue weighted by molar-refractivity contribution is 6.61. The molecule has 0 aromatic heterocycles. The van der Waals surface area contributed by atoms with E-state index in [1.807, 2.05) is 13.8 Å². The van der Waals surface area contributed by atoms with Gasteiger partial charge in [-0.15, -0.1) is 0 Å². The lowest BCUT2D eigenvalue weighted by Gasteiger charge is -2.29. The van der Waals surface area contributed by atoms with Gasteiger partial charge in [0.15, 0.2) is 0 Å². The van der Waals surface area contributed by atoms with Crippen molar-refractivity contribution in [1.82, 2.24) is 0 Å². The Bertz CT molecular complexity index is 263. The maximum Gasteiger partial charge on any atom is 0.565 e. The highest BCUT2D eigenvalue weighted by atomic mass is 28.4. The van der Waals surface area contributed by atoms with Gasteiger partial charge in [0.1, 0.15) is 12.0 Å². The third-order valence-corrected chi connectivity index (χ3v) is 6.37. The van der Waals surface area contributed by atoms with Crippen molar-refractivity contribution >= 4 is 8.80 Å². The molecule has 0 bridgehead atoms. The molecular formula is C16H34O4Si. The van der Waals surface area contributed by atoms with Crippen molar-refractivity contribution < 1.29 is 18.4 Å². The van der Waals surface area contributed by atoms with E-state index in [1.54, 1.807) is 6.92 Å². The van der Waals surface area contributed by atoms with Gasteiger partial charge >= 0.3 is 8.80 Å². The fraction of sp³-hybridized carbons (Fsp3) is 0.875. The van der Waals surface area contributed by atoms with Crippen LogP contribution in [0.3, 0.4) is 0 Å². The fourth-order valence-electron chi connectivity index (χ4n) is 2.31. The Labute approximate surface area is 131 Å². The number of hydrogen-bond donors (Lipinski definition) is 1. The van der Waals surface area contributed by atoms with Crippen molar-refractivity contribution in [3.63, 3.8) is 0 Å². The molecule has 0 heterocycles. The van der Waals surface area contributed by atoms with Crippen LogP contribution in [0, 0.1) is 0 Å². The summed E-state index contributed by atoms with van der Waals surface area (Å²) >= 11 is 0. The molecule has 0 spiro atoms. The van der Waals surface area contributed by atoms with Crippen molar-refractivity contribution in [3.8, 4) is 0 Å². The van der Waals surface area contributed by atoms with E-state index in [2.05, 4.69) is 6.92 Å². The topological polar surface area (TPSA) is 47.9 Å². The SMILES string of the molecule is CCCCCCCCC[Si](OCC)(OCC)O/C(C)=C/O. The predicted molar refractivity (Wildman–Crippen MR) is 89.3 cm³/mol. The monoisotopic (exact) mass is 318 g/mol. The maximum atomic E-state index is 9.05. The summed E-state index contributed by atoms with van der Waals surface area (Å²) in [4.78, 5) is 0. The van der Waals surface area contributed by atoms with E-state index >= 15 is 0 Å². The Balaban J connectivity index is 4.25. The first-order chi connectivity index (χ1) is 10.1. The Morgan fingerprint density at radius 3 is 1.90 bits per heavy atom. The van der Waals surface area contributed by atoms with Crippen LogP contribution in [-0.2, 0) is 13.3 Å². The van der Waals surface area contributed by atoms with Gasteiger partial charge in [0.05, 0.1) is 0 Å². The summed E-state index contributed by atoms with van der Waals surface area (Å²) in [5.74, 6) is 0.464.